The zero-order valence-corrected chi connectivity index (χ0v) is 29.6. The van der Waals surface area contributed by atoms with Gasteiger partial charge in [-0.05, 0) is 47.9 Å². The van der Waals surface area contributed by atoms with E-state index in [9.17, 15) is 9.59 Å². The minimum atomic E-state index is -1.19. The molecule has 0 unspecified atom stereocenters. The lowest BCUT2D eigenvalue weighted by atomic mass is 9.80. The molecule has 0 spiro atoms. The van der Waals surface area contributed by atoms with Crippen LogP contribution in [0.15, 0.2) is 103 Å². The quantitative estimate of drug-likeness (QED) is 0.0878. The number of aromatic nitrogens is 5. The second-order valence-corrected chi connectivity index (χ2v) is 12.1. The van der Waals surface area contributed by atoms with Gasteiger partial charge in [0.1, 0.15) is 42.0 Å². The average molecular weight is 712 g/mol. The molecule has 0 bridgehead atoms. The van der Waals surface area contributed by atoms with Gasteiger partial charge in [-0.1, -0.05) is 54.6 Å². The number of aryl methyl sites for hydroxylation is 1. The summed E-state index contributed by atoms with van der Waals surface area (Å²) in [6.45, 7) is 3.39. The molecule has 3 heterocycles. The van der Waals surface area contributed by atoms with Crippen molar-refractivity contribution in [2.75, 3.05) is 41.2 Å². The van der Waals surface area contributed by atoms with Gasteiger partial charge in [-0.15, -0.1) is 0 Å². The summed E-state index contributed by atoms with van der Waals surface area (Å²) < 4.78 is 44.9. The lowest BCUT2D eigenvalue weighted by molar-refractivity contribution is -0.158. The monoisotopic (exact) mass is 711 g/mol. The standard InChI is InChI=1S/C38H41N5O9/c1-25-21-42(37(45)41-35(25)43-24-39-23-40-43)36-34(49-20-19-46-3)33(51-26(2)44)32(52-36)22-50-38(27-9-7-6-8-10-27,28-11-15-30(47-4)16-12-28)29-13-17-31(48-5)18-14-29/h6-18,21,23-24,32-34,36H,19-20,22H2,1-5H3/t32-,33-,34-,36+/m1/s1. The highest BCUT2D eigenvalue weighted by Crippen LogP contribution is 2.43. The summed E-state index contributed by atoms with van der Waals surface area (Å²) in [5.74, 6) is 1.12. The Hall–Kier alpha value is -5.41. The summed E-state index contributed by atoms with van der Waals surface area (Å²) in [5.41, 5.74) is 1.24. The first-order valence-electron chi connectivity index (χ1n) is 16.7. The second-order valence-electron chi connectivity index (χ2n) is 12.1. The van der Waals surface area contributed by atoms with Gasteiger partial charge in [0.05, 0.1) is 34.0 Å². The van der Waals surface area contributed by atoms with E-state index in [0.29, 0.717) is 22.9 Å². The number of carbonyl (C=O) groups is 1. The Balaban J connectivity index is 1.44. The summed E-state index contributed by atoms with van der Waals surface area (Å²) in [4.78, 5) is 34.5. The highest BCUT2D eigenvalue weighted by molar-refractivity contribution is 5.66. The topological polar surface area (TPSA) is 147 Å². The first-order valence-corrected chi connectivity index (χ1v) is 16.7. The molecule has 4 atom stereocenters. The third-order valence-electron chi connectivity index (χ3n) is 8.84. The molecule has 5 aromatic rings. The maximum Gasteiger partial charge on any atom is 0.351 e. The van der Waals surface area contributed by atoms with Gasteiger partial charge in [-0.25, -0.2) is 14.5 Å². The zero-order chi connectivity index (χ0) is 36.7. The fraction of sp³-hybridized carbons (Fsp3) is 0.342. The second kappa shape index (κ2) is 16.3. The largest absolute Gasteiger partial charge is 0.497 e. The van der Waals surface area contributed by atoms with Crippen molar-refractivity contribution in [2.45, 2.75) is 44.0 Å². The van der Waals surface area contributed by atoms with Gasteiger partial charge in [0.2, 0.25) is 0 Å². The number of esters is 1. The van der Waals surface area contributed by atoms with E-state index in [1.807, 2.05) is 78.9 Å². The van der Waals surface area contributed by atoms with Crippen LogP contribution in [0.5, 0.6) is 11.5 Å². The molecule has 272 valence electrons. The number of nitrogens with zero attached hydrogens (tertiary/aromatic N) is 5. The van der Waals surface area contributed by atoms with Crippen molar-refractivity contribution in [3.8, 4) is 17.3 Å². The highest BCUT2D eigenvalue weighted by Gasteiger charge is 2.51. The van der Waals surface area contributed by atoms with Crippen LogP contribution in [0.1, 0.15) is 35.4 Å². The van der Waals surface area contributed by atoms with Crippen LogP contribution in [-0.4, -0.2) is 89.7 Å². The lowest BCUT2D eigenvalue weighted by Gasteiger charge is -2.37. The molecule has 0 aliphatic carbocycles. The van der Waals surface area contributed by atoms with E-state index >= 15 is 0 Å². The van der Waals surface area contributed by atoms with Crippen molar-refractivity contribution in [3.05, 3.63) is 130 Å². The van der Waals surface area contributed by atoms with Crippen LogP contribution >= 0.6 is 0 Å². The van der Waals surface area contributed by atoms with Crippen LogP contribution in [0, 0.1) is 6.92 Å². The molecule has 14 nitrogen and oxygen atoms in total. The predicted molar refractivity (Wildman–Crippen MR) is 187 cm³/mol. The molecule has 0 saturated carbocycles. The van der Waals surface area contributed by atoms with E-state index in [4.69, 9.17) is 33.2 Å². The highest BCUT2D eigenvalue weighted by atomic mass is 16.6. The van der Waals surface area contributed by atoms with E-state index in [1.54, 1.807) is 34.4 Å². The van der Waals surface area contributed by atoms with Gasteiger partial charge in [0.15, 0.2) is 18.1 Å². The van der Waals surface area contributed by atoms with Crippen LogP contribution in [0.25, 0.3) is 5.82 Å². The fourth-order valence-electron chi connectivity index (χ4n) is 6.42. The van der Waals surface area contributed by atoms with Crippen LogP contribution in [0.2, 0.25) is 0 Å². The van der Waals surface area contributed by atoms with Crippen LogP contribution in [0.4, 0.5) is 0 Å². The van der Waals surface area contributed by atoms with E-state index in [1.165, 1.54) is 28.8 Å². The summed E-state index contributed by atoms with van der Waals surface area (Å²) in [6, 6.07) is 25.0. The van der Waals surface area contributed by atoms with E-state index < -0.39 is 41.8 Å². The minimum absolute atomic E-state index is 0.0935. The Morgan fingerprint density at radius 2 is 1.50 bits per heavy atom. The lowest BCUT2D eigenvalue weighted by Crippen LogP contribution is -2.43. The normalized spacial score (nSPS) is 18.6. The predicted octanol–water partition coefficient (Wildman–Crippen LogP) is 4.02. The van der Waals surface area contributed by atoms with Crippen molar-refractivity contribution in [2.24, 2.45) is 0 Å². The number of rotatable bonds is 15. The van der Waals surface area contributed by atoms with Gasteiger partial charge in [-0.2, -0.15) is 10.1 Å². The first-order chi connectivity index (χ1) is 25.3. The van der Waals surface area contributed by atoms with Gasteiger partial charge in [0.25, 0.3) is 0 Å². The Morgan fingerprint density at radius 3 is 2.06 bits per heavy atom. The molecule has 52 heavy (non-hydrogen) atoms. The van der Waals surface area contributed by atoms with Crippen molar-refractivity contribution in [1.82, 2.24) is 24.3 Å². The van der Waals surface area contributed by atoms with Crippen LogP contribution in [0.3, 0.4) is 0 Å². The average Bonchev–Trinajstić information content (AvgIpc) is 3.82. The van der Waals surface area contributed by atoms with Gasteiger partial charge < -0.3 is 33.2 Å². The third kappa shape index (κ3) is 7.46. The van der Waals surface area contributed by atoms with Crippen molar-refractivity contribution in [1.29, 1.82) is 0 Å². The number of benzene rings is 3. The SMILES string of the molecule is COCCO[C@@H]1[C@H](OC(C)=O)[C@@H](COC(c2ccccc2)(c2ccc(OC)cc2)c2ccc(OC)cc2)O[C@@H]1n1cc(C)c(-n2cncn2)nc1=O. The smallest absolute Gasteiger partial charge is 0.351 e. The van der Waals surface area contributed by atoms with Crippen molar-refractivity contribution < 1.29 is 38.0 Å². The Kier molecular flexibility index (Phi) is 11.4. The maximum atomic E-state index is 13.6. The number of methoxy groups -OCH3 is 3. The molecule has 2 aromatic heterocycles. The summed E-state index contributed by atoms with van der Waals surface area (Å²) in [6.07, 6.45) is 0.555. The number of carbonyl (C=O) groups excluding carboxylic acids is 1. The van der Waals surface area contributed by atoms with E-state index in [-0.39, 0.29) is 19.8 Å². The third-order valence-corrected chi connectivity index (χ3v) is 8.84. The molecule has 0 amide bonds. The molecular formula is C38H41N5O9. The summed E-state index contributed by atoms with van der Waals surface area (Å²) in [5, 5.41) is 4.12. The summed E-state index contributed by atoms with van der Waals surface area (Å²) >= 11 is 0. The van der Waals surface area contributed by atoms with Crippen molar-refractivity contribution in [3.63, 3.8) is 0 Å². The molecule has 1 aliphatic heterocycles. The van der Waals surface area contributed by atoms with Gasteiger partial charge in [0, 0.05) is 25.8 Å². The summed E-state index contributed by atoms with van der Waals surface area (Å²) in [7, 11) is 4.77. The molecule has 0 N–H and O–H groups in total. The minimum Gasteiger partial charge on any atom is -0.497 e. The van der Waals surface area contributed by atoms with E-state index in [2.05, 4.69) is 15.1 Å². The molecule has 6 rings (SSSR count). The molecule has 1 saturated heterocycles. The van der Waals surface area contributed by atoms with Gasteiger partial charge in [-0.3, -0.25) is 9.36 Å². The number of hydrogen-bond acceptors (Lipinski definition) is 12. The molecule has 1 aliphatic rings. The molecule has 1 fully saturated rings. The molecule has 3 aromatic carbocycles. The van der Waals surface area contributed by atoms with Crippen molar-refractivity contribution >= 4 is 5.97 Å². The zero-order valence-electron chi connectivity index (χ0n) is 29.6. The van der Waals surface area contributed by atoms with Crippen LogP contribution in [-0.2, 0) is 34.1 Å². The number of hydrogen-bond donors (Lipinski definition) is 0. The van der Waals surface area contributed by atoms with Gasteiger partial charge >= 0.3 is 11.7 Å². The fourth-order valence-corrected chi connectivity index (χ4v) is 6.42. The van der Waals surface area contributed by atoms with E-state index in [0.717, 1.165) is 16.7 Å². The molecular weight excluding hydrogens is 670 g/mol. The molecule has 14 heteroatoms. The Labute approximate surface area is 300 Å². The molecule has 0 radical (unpaired) electrons. The maximum absolute atomic E-state index is 13.6. The Bertz CT molecular complexity index is 1920. The van der Waals surface area contributed by atoms with Crippen LogP contribution < -0.4 is 15.2 Å². The number of ether oxygens (including phenoxy) is 7. The first kappa shape index (κ1) is 36.4. The Morgan fingerprint density at radius 1 is 0.865 bits per heavy atom.